The number of amides is 2. The number of methoxy groups -OCH3 is 1. The van der Waals surface area contributed by atoms with Gasteiger partial charge in [-0.3, -0.25) is 9.67 Å². The molecule has 2 N–H and O–H groups in total. The van der Waals surface area contributed by atoms with Crippen molar-refractivity contribution < 1.29 is 9.53 Å². The van der Waals surface area contributed by atoms with Crippen LogP contribution in [0.2, 0.25) is 0 Å². The summed E-state index contributed by atoms with van der Waals surface area (Å²) in [6, 6.07) is 12.3. The molecule has 0 fully saturated rings. The third kappa shape index (κ3) is 3.95. The summed E-state index contributed by atoms with van der Waals surface area (Å²) < 4.78 is 7.06. The number of pyridine rings is 1. The number of aromatic nitrogens is 3. The van der Waals surface area contributed by atoms with Gasteiger partial charge in [-0.05, 0) is 18.2 Å². The zero-order valence-electron chi connectivity index (χ0n) is 14.0. The molecule has 128 valence electrons. The first-order chi connectivity index (χ1) is 12.2. The van der Waals surface area contributed by atoms with Crippen LogP contribution in [0.4, 0.5) is 10.5 Å². The molecule has 0 saturated heterocycles. The van der Waals surface area contributed by atoms with Gasteiger partial charge in [0.2, 0.25) is 0 Å². The molecule has 3 aromatic rings. The van der Waals surface area contributed by atoms with Crippen LogP contribution in [0.5, 0.6) is 5.75 Å². The van der Waals surface area contributed by atoms with Crippen molar-refractivity contribution in [1.29, 1.82) is 0 Å². The number of aryl methyl sites for hydroxylation is 1. The van der Waals surface area contributed by atoms with Gasteiger partial charge in [-0.1, -0.05) is 24.3 Å². The molecule has 0 unspecified atom stereocenters. The molecule has 2 aromatic heterocycles. The van der Waals surface area contributed by atoms with E-state index < -0.39 is 6.04 Å². The predicted octanol–water partition coefficient (Wildman–Crippen LogP) is 2.73. The first kappa shape index (κ1) is 16.5. The van der Waals surface area contributed by atoms with Gasteiger partial charge in [0.15, 0.2) is 0 Å². The lowest BCUT2D eigenvalue weighted by molar-refractivity contribution is 0.249. The average Bonchev–Trinajstić information content (AvgIpc) is 3.05. The zero-order chi connectivity index (χ0) is 17.6. The number of ether oxygens (including phenoxy) is 1. The second-order valence-electron chi connectivity index (χ2n) is 5.43. The van der Waals surface area contributed by atoms with E-state index in [-0.39, 0.29) is 6.03 Å². The van der Waals surface area contributed by atoms with Gasteiger partial charge in [-0.25, -0.2) is 4.79 Å². The fourth-order valence-corrected chi connectivity index (χ4v) is 2.55. The Morgan fingerprint density at radius 3 is 2.68 bits per heavy atom. The van der Waals surface area contributed by atoms with E-state index in [1.54, 1.807) is 37.4 Å². The summed E-state index contributed by atoms with van der Waals surface area (Å²) in [5, 5.41) is 9.76. The summed E-state index contributed by atoms with van der Waals surface area (Å²) in [4.78, 5) is 16.8. The lowest BCUT2D eigenvalue weighted by atomic mass is 10.0. The number of benzene rings is 1. The Morgan fingerprint density at radius 2 is 2.00 bits per heavy atom. The van der Waals surface area contributed by atoms with Crippen molar-refractivity contribution in [3.63, 3.8) is 0 Å². The van der Waals surface area contributed by atoms with Gasteiger partial charge in [0, 0.05) is 25.0 Å². The maximum absolute atomic E-state index is 12.5. The highest BCUT2D eigenvalue weighted by Crippen LogP contribution is 2.28. The first-order valence-corrected chi connectivity index (χ1v) is 7.77. The molecule has 7 nitrogen and oxygen atoms in total. The normalized spacial score (nSPS) is 11.6. The number of rotatable bonds is 5. The van der Waals surface area contributed by atoms with Gasteiger partial charge in [-0.15, -0.1) is 0 Å². The van der Waals surface area contributed by atoms with Crippen LogP contribution in [0.1, 0.15) is 17.3 Å². The molecule has 25 heavy (non-hydrogen) atoms. The second kappa shape index (κ2) is 7.48. The fraction of sp³-hybridized carbons (Fsp3) is 0.167. The Hall–Kier alpha value is -3.35. The van der Waals surface area contributed by atoms with Gasteiger partial charge < -0.3 is 15.4 Å². The summed E-state index contributed by atoms with van der Waals surface area (Å²) in [7, 11) is 3.39. The van der Waals surface area contributed by atoms with E-state index in [2.05, 4.69) is 20.7 Å². The minimum absolute atomic E-state index is 0.352. The zero-order valence-corrected chi connectivity index (χ0v) is 14.0. The third-order valence-corrected chi connectivity index (χ3v) is 3.67. The van der Waals surface area contributed by atoms with Crippen LogP contribution in [0.15, 0.2) is 61.1 Å². The Kier molecular flexibility index (Phi) is 4.94. The molecule has 0 spiro atoms. The Bertz CT molecular complexity index is 847. The highest BCUT2D eigenvalue weighted by atomic mass is 16.5. The SMILES string of the molecule is COc1ccccc1[C@H](NC(=O)Nc1cnn(C)c1)c1ccccn1. The molecule has 0 aliphatic carbocycles. The topological polar surface area (TPSA) is 81.1 Å². The van der Waals surface area contributed by atoms with Crippen molar-refractivity contribution in [2.45, 2.75) is 6.04 Å². The quantitative estimate of drug-likeness (QED) is 0.750. The van der Waals surface area contributed by atoms with Gasteiger partial charge in [0.05, 0.1) is 24.7 Å². The Balaban J connectivity index is 1.88. The van der Waals surface area contributed by atoms with Crippen molar-refractivity contribution in [2.24, 2.45) is 7.05 Å². The average molecular weight is 337 g/mol. The number of hydrogen-bond donors (Lipinski definition) is 2. The Morgan fingerprint density at radius 1 is 1.20 bits per heavy atom. The number of carbonyl (C=O) groups is 1. The van der Waals surface area contributed by atoms with Crippen LogP contribution in [-0.2, 0) is 7.05 Å². The highest BCUT2D eigenvalue weighted by molar-refractivity contribution is 5.89. The van der Waals surface area contributed by atoms with E-state index >= 15 is 0 Å². The van der Waals surface area contributed by atoms with Crippen molar-refractivity contribution in [2.75, 3.05) is 12.4 Å². The number of anilines is 1. The molecule has 1 atom stereocenters. The van der Waals surface area contributed by atoms with Crippen molar-refractivity contribution >= 4 is 11.7 Å². The van der Waals surface area contributed by atoms with Gasteiger partial charge >= 0.3 is 6.03 Å². The van der Waals surface area contributed by atoms with Gasteiger partial charge in [0.25, 0.3) is 0 Å². The molecule has 3 rings (SSSR count). The molecule has 0 bridgehead atoms. The molecule has 0 radical (unpaired) electrons. The maximum Gasteiger partial charge on any atom is 0.320 e. The Labute approximate surface area is 145 Å². The van der Waals surface area contributed by atoms with E-state index in [0.717, 1.165) is 5.56 Å². The second-order valence-corrected chi connectivity index (χ2v) is 5.43. The molecule has 0 aliphatic rings. The van der Waals surface area contributed by atoms with Gasteiger partial charge in [0.1, 0.15) is 11.8 Å². The number of nitrogens with one attached hydrogen (secondary N) is 2. The minimum Gasteiger partial charge on any atom is -0.496 e. The number of carbonyl (C=O) groups excluding carboxylic acids is 1. The summed E-state index contributed by atoms with van der Waals surface area (Å²) >= 11 is 0. The summed E-state index contributed by atoms with van der Waals surface area (Å²) in [6.45, 7) is 0. The van der Waals surface area contributed by atoms with E-state index in [0.29, 0.717) is 17.1 Å². The molecular weight excluding hydrogens is 318 g/mol. The lowest BCUT2D eigenvalue weighted by Crippen LogP contribution is -2.33. The van der Waals surface area contributed by atoms with Crippen molar-refractivity contribution in [3.05, 3.63) is 72.3 Å². The number of urea groups is 1. The molecule has 1 aromatic carbocycles. The fourth-order valence-electron chi connectivity index (χ4n) is 2.55. The summed E-state index contributed by atoms with van der Waals surface area (Å²) in [6.07, 6.45) is 5.00. The molecule has 0 saturated carbocycles. The lowest BCUT2D eigenvalue weighted by Gasteiger charge is -2.21. The monoisotopic (exact) mass is 337 g/mol. The van der Waals surface area contributed by atoms with Crippen LogP contribution in [0.25, 0.3) is 0 Å². The van der Waals surface area contributed by atoms with Crippen LogP contribution >= 0.6 is 0 Å². The first-order valence-electron chi connectivity index (χ1n) is 7.77. The van der Waals surface area contributed by atoms with E-state index in [1.165, 1.54) is 0 Å². The largest absolute Gasteiger partial charge is 0.496 e. The number of nitrogens with zero attached hydrogens (tertiary/aromatic N) is 3. The van der Waals surface area contributed by atoms with Crippen LogP contribution in [0.3, 0.4) is 0 Å². The summed E-state index contributed by atoms with van der Waals surface area (Å²) in [5.41, 5.74) is 2.15. The predicted molar refractivity (Wildman–Crippen MR) is 94.4 cm³/mol. The summed E-state index contributed by atoms with van der Waals surface area (Å²) in [5.74, 6) is 0.680. The number of hydrogen-bond acceptors (Lipinski definition) is 4. The smallest absolute Gasteiger partial charge is 0.320 e. The molecule has 0 aliphatic heterocycles. The number of para-hydroxylation sites is 1. The van der Waals surface area contributed by atoms with Gasteiger partial charge in [-0.2, -0.15) is 5.10 Å². The third-order valence-electron chi connectivity index (χ3n) is 3.67. The molecule has 7 heteroatoms. The standard InChI is InChI=1S/C18H19N5O2/c1-23-12-13(11-20-23)21-18(24)22-17(15-8-5-6-10-19-15)14-7-3-4-9-16(14)25-2/h3-12,17H,1-2H3,(H2,21,22,24)/t17-/m0/s1. The minimum atomic E-state index is -0.450. The molecular formula is C18H19N5O2. The van der Waals surface area contributed by atoms with Crippen molar-refractivity contribution in [1.82, 2.24) is 20.1 Å². The maximum atomic E-state index is 12.5. The van der Waals surface area contributed by atoms with E-state index in [4.69, 9.17) is 4.74 Å². The van der Waals surface area contributed by atoms with E-state index in [1.807, 2.05) is 42.5 Å². The van der Waals surface area contributed by atoms with Crippen LogP contribution < -0.4 is 15.4 Å². The highest BCUT2D eigenvalue weighted by Gasteiger charge is 2.21. The van der Waals surface area contributed by atoms with Crippen LogP contribution in [-0.4, -0.2) is 27.9 Å². The molecule has 2 amide bonds. The van der Waals surface area contributed by atoms with E-state index in [9.17, 15) is 4.79 Å². The van der Waals surface area contributed by atoms with Crippen molar-refractivity contribution in [3.8, 4) is 5.75 Å². The molecule has 2 heterocycles. The van der Waals surface area contributed by atoms with Crippen LogP contribution in [0, 0.1) is 0 Å².